The average Bonchev–Trinajstić information content (AvgIpc) is 2.34. The van der Waals surface area contributed by atoms with Crippen LogP contribution >= 0.6 is 23.2 Å². The van der Waals surface area contributed by atoms with Gasteiger partial charge in [-0.3, -0.25) is 0 Å². The van der Waals surface area contributed by atoms with E-state index in [1.165, 1.54) is 12.1 Å². The van der Waals surface area contributed by atoms with E-state index in [1.807, 2.05) is 6.92 Å². The van der Waals surface area contributed by atoms with Gasteiger partial charge in [0.2, 0.25) is 10.0 Å². The monoisotopic (exact) mass is 338 g/mol. The van der Waals surface area contributed by atoms with Crippen LogP contribution in [0.4, 0.5) is 5.69 Å². The van der Waals surface area contributed by atoms with Crippen molar-refractivity contribution in [2.24, 2.45) is 5.92 Å². The zero-order valence-corrected chi connectivity index (χ0v) is 14.1. The Bertz CT molecular complexity index is 576. The molecule has 114 valence electrons. The van der Waals surface area contributed by atoms with Crippen LogP contribution < -0.4 is 10.5 Å². The molecule has 0 bridgehead atoms. The molecule has 0 radical (unpaired) electrons. The Balaban J connectivity index is 2.98. The third-order valence-electron chi connectivity index (χ3n) is 3.19. The van der Waals surface area contributed by atoms with Gasteiger partial charge >= 0.3 is 0 Å². The number of hydrogen-bond acceptors (Lipinski definition) is 3. The fourth-order valence-electron chi connectivity index (χ4n) is 1.90. The van der Waals surface area contributed by atoms with Crippen molar-refractivity contribution >= 4 is 38.9 Å². The lowest BCUT2D eigenvalue weighted by Gasteiger charge is -2.18. The highest BCUT2D eigenvalue weighted by molar-refractivity contribution is 7.89. The number of rotatable bonds is 6. The molecule has 0 aromatic heterocycles. The zero-order chi connectivity index (χ0) is 15.5. The van der Waals surface area contributed by atoms with Gasteiger partial charge in [-0.05, 0) is 31.4 Å². The molecule has 2 unspecified atom stereocenters. The van der Waals surface area contributed by atoms with Crippen LogP contribution in [0.15, 0.2) is 17.0 Å². The van der Waals surface area contributed by atoms with Crippen molar-refractivity contribution in [3.8, 4) is 0 Å². The summed E-state index contributed by atoms with van der Waals surface area (Å²) in [6.45, 7) is 5.98. The Labute approximate surface area is 130 Å². The molecule has 1 rings (SSSR count). The maximum Gasteiger partial charge on any atom is 0.242 e. The molecule has 0 heterocycles. The first-order valence-corrected chi connectivity index (χ1v) is 8.68. The Hall–Kier alpha value is -0.490. The molecule has 0 spiro atoms. The van der Waals surface area contributed by atoms with Crippen LogP contribution in [0, 0.1) is 5.92 Å². The predicted molar refractivity (Wildman–Crippen MR) is 84.7 cm³/mol. The molecule has 0 saturated heterocycles. The summed E-state index contributed by atoms with van der Waals surface area (Å²) in [5.74, 6) is 0.443. The molecule has 0 aliphatic carbocycles. The molecule has 2 atom stereocenters. The fourth-order valence-corrected chi connectivity index (χ4v) is 3.92. The maximum atomic E-state index is 12.3. The highest BCUT2D eigenvalue weighted by atomic mass is 35.5. The summed E-state index contributed by atoms with van der Waals surface area (Å²) >= 11 is 11.8. The second-order valence-electron chi connectivity index (χ2n) is 5.04. The van der Waals surface area contributed by atoms with E-state index in [0.29, 0.717) is 5.92 Å². The first-order valence-electron chi connectivity index (χ1n) is 6.44. The van der Waals surface area contributed by atoms with Gasteiger partial charge in [0.1, 0.15) is 4.90 Å². The molecule has 1 aromatic carbocycles. The lowest BCUT2D eigenvalue weighted by atomic mass is 10.0. The van der Waals surface area contributed by atoms with Crippen LogP contribution in [-0.2, 0) is 10.0 Å². The van der Waals surface area contributed by atoms with Gasteiger partial charge < -0.3 is 5.73 Å². The third-order valence-corrected chi connectivity index (χ3v) is 5.67. The quantitative estimate of drug-likeness (QED) is 0.777. The average molecular weight is 339 g/mol. The molecule has 3 N–H and O–H groups in total. The van der Waals surface area contributed by atoms with Crippen molar-refractivity contribution in [1.29, 1.82) is 0 Å². The van der Waals surface area contributed by atoms with E-state index in [1.54, 1.807) is 0 Å². The summed E-state index contributed by atoms with van der Waals surface area (Å²) in [4.78, 5) is -0.0444. The Morgan fingerprint density at radius 2 is 1.90 bits per heavy atom. The van der Waals surface area contributed by atoms with Crippen LogP contribution in [0.1, 0.15) is 33.6 Å². The number of hydrogen-bond donors (Lipinski definition) is 2. The first kappa shape index (κ1) is 17.6. The zero-order valence-electron chi connectivity index (χ0n) is 11.8. The van der Waals surface area contributed by atoms with Crippen LogP contribution in [-0.4, -0.2) is 14.5 Å². The van der Waals surface area contributed by atoms with E-state index in [-0.39, 0.29) is 26.7 Å². The van der Waals surface area contributed by atoms with Gasteiger partial charge in [-0.2, -0.15) is 0 Å². The molecule has 7 heteroatoms. The minimum absolute atomic E-state index is 0.0410. The van der Waals surface area contributed by atoms with Gasteiger partial charge in [0.15, 0.2) is 0 Å². The van der Waals surface area contributed by atoms with Gasteiger partial charge in [-0.1, -0.05) is 43.5 Å². The molecule has 4 nitrogen and oxygen atoms in total. The summed E-state index contributed by atoms with van der Waals surface area (Å²) in [7, 11) is -3.70. The van der Waals surface area contributed by atoms with Crippen LogP contribution in [0.2, 0.25) is 10.0 Å². The smallest absolute Gasteiger partial charge is 0.242 e. The highest BCUT2D eigenvalue weighted by Gasteiger charge is 2.23. The second-order valence-corrected chi connectivity index (χ2v) is 7.51. The topological polar surface area (TPSA) is 72.2 Å². The van der Waals surface area contributed by atoms with E-state index in [9.17, 15) is 8.42 Å². The van der Waals surface area contributed by atoms with E-state index >= 15 is 0 Å². The summed E-state index contributed by atoms with van der Waals surface area (Å²) in [5, 5.41) is 0.197. The Kier molecular flexibility index (Phi) is 6.13. The normalized spacial score (nSPS) is 15.1. The number of nitrogen functional groups attached to an aromatic ring is 1. The van der Waals surface area contributed by atoms with E-state index in [0.717, 1.165) is 12.8 Å². The fraction of sp³-hybridized carbons (Fsp3) is 0.538. The summed E-state index contributed by atoms with van der Waals surface area (Å²) in [6.07, 6.45) is 1.76. The maximum absolute atomic E-state index is 12.3. The standard InChI is InChI=1S/C13H20Cl2N2O2S/c1-4-8(2)7-9(3)17-20(18,19)11-6-5-10(14)13(16)12(11)15/h5-6,8-9,17H,4,7,16H2,1-3H3. The molecule has 0 saturated carbocycles. The number of benzene rings is 1. The third kappa shape index (κ3) is 4.25. The van der Waals surface area contributed by atoms with Crippen molar-refractivity contribution < 1.29 is 8.42 Å². The summed E-state index contributed by atoms with van der Waals surface area (Å²) < 4.78 is 27.2. The largest absolute Gasteiger partial charge is 0.396 e. The van der Waals surface area contributed by atoms with Crippen molar-refractivity contribution in [2.45, 2.75) is 44.6 Å². The van der Waals surface area contributed by atoms with Gasteiger partial charge in [0.05, 0.1) is 15.7 Å². The highest BCUT2D eigenvalue weighted by Crippen LogP contribution is 2.33. The second kappa shape index (κ2) is 6.98. The number of nitrogens with two attached hydrogens (primary N) is 1. The van der Waals surface area contributed by atoms with Gasteiger partial charge in [-0.15, -0.1) is 0 Å². The SMILES string of the molecule is CCC(C)CC(C)NS(=O)(=O)c1ccc(Cl)c(N)c1Cl. The molecular formula is C13H20Cl2N2O2S. The van der Waals surface area contributed by atoms with Crippen molar-refractivity contribution in [2.75, 3.05) is 5.73 Å². The first-order chi connectivity index (χ1) is 9.19. The summed E-state index contributed by atoms with van der Waals surface area (Å²) in [6, 6.07) is 2.61. The Morgan fingerprint density at radius 3 is 2.45 bits per heavy atom. The van der Waals surface area contributed by atoms with Crippen LogP contribution in [0.5, 0.6) is 0 Å². The van der Waals surface area contributed by atoms with Crippen molar-refractivity contribution in [3.05, 3.63) is 22.2 Å². The van der Waals surface area contributed by atoms with E-state index in [4.69, 9.17) is 28.9 Å². The number of sulfonamides is 1. The number of anilines is 1. The van der Waals surface area contributed by atoms with E-state index in [2.05, 4.69) is 18.6 Å². The van der Waals surface area contributed by atoms with E-state index < -0.39 is 10.0 Å². The van der Waals surface area contributed by atoms with Gasteiger partial charge in [0, 0.05) is 6.04 Å². The number of nitrogens with one attached hydrogen (secondary N) is 1. The minimum Gasteiger partial charge on any atom is -0.396 e. The molecule has 0 amide bonds. The lowest BCUT2D eigenvalue weighted by molar-refractivity contribution is 0.445. The Morgan fingerprint density at radius 1 is 1.30 bits per heavy atom. The van der Waals surface area contributed by atoms with Crippen molar-refractivity contribution in [3.63, 3.8) is 0 Å². The lowest BCUT2D eigenvalue weighted by Crippen LogP contribution is -2.34. The van der Waals surface area contributed by atoms with Crippen LogP contribution in [0.3, 0.4) is 0 Å². The van der Waals surface area contributed by atoms with Gasteiger partial charge in [-0.25, -0.2) is 13.1 Å². The minimum atomic E-state index is -3.70. The summed E-state index contributed by atoms with van der Waals surface area (Å²) in [5.41, 5.74) is 5.73. The molecule has 0 fully saturated rings. The molecule has 20 heavy (non-hydrogen) atoms. The molecule has 0 aliphatic rings. The van der Waals surface area contributed by atoms with Gasteiger partial charge in [0.25, 0.3) is 0 Å². The number of halogens is 2. The molecule has 0 aliphatic heterocycles. The predicted octanol–water partition coefficient (Wildman–Crippen LogP) is 3.68. The molecule has 1 aromatic rings. The molecular weight excluding hydrogens is 319 g/mol. The van der Waals surface area contributed by atoms with Crippen molar-refractivity contribution in [1.82, 2.24) is 4.72 Å². The van der Waals surface area contributed by atoms with Crippen LogP contribution in [0.25, 0.3) is 0 Å².